The first kappa shape index (κ1) is 37.3. The van der Waals surface area contributed by atoms with Gasteiger partial charge in [0.15, 0.2) is 11.2 Å². The molecular formula is C62H39N3O2. The summed E-state index contributed by atoms with van der Waals surface area (Å²) >= 11 is 0. The van der Waals surface area contributed by atoms with Crippen molar-refractivity contribution in [3.05, 3.63) is 237 Å². The number of benzene rings is 11. The first-order valence-corrected chi connectivity index (χ1v) is 22.7. The highest BCUT2D eigenvalue weighted by molar-refractivity contribution is 6.23. The average molecular weight is 858 g/mol. The van der Waals surface area contributed by atoms with Gasteiger partial charge in [-0.1, -0.05) is 121 Å². The van der Waals surface area contributed by atoms with E-state index in [9.17, 15) is 0 Å². The summed E-state index contributed by atoms with van der Waals surface area (Å²) < 4.78 is 16.7. The highest BCUT2D eigenvalue weighted by Gasteiger charge is 2.25. The molecule has 5 nitrogen and oxygen atoms in total. The molecule has 67 heavy (non-hydrogen) atoms. The van der Waals surface area contributed by atoms with Crippen LogP contribution in [0, 0.1) is 0 Å². The summed E-state index contributed by atoms with van der Waals surface area (Å²) in [7, 11) is 0. The Balaban J connectivity index is 1.01. The topological polar surface area (TPSA) is 37.7 Å². The molecule has 0 aliphatic rings. The number of nitrogens with zero attached hydrogens (tertiary/aromatic N) is 3. The van der Waals surface area contributed by atoms with Gasteiger partial charge < -0.3 is 23.2 Å². The van der Waals surface area contributed by atoms with Gasteiger partial charge in [0.05, 0.1) is 11.0 Å². The van der Waals surface area contributed by atoms with Crippen LogP contribution >= 0.6 is 0 Å². The predicted molar refractivity (Wildman–Crippen MR) is 280 cm³/mol. The lowest BCUT2D eigenvalue weighted by Gasteiger charge is -2.25. The molecule has 3 aromatic heterocycles. The van der Waals surface area contributed by atoms with Gasteiger partial charge in [0.25, 0.3) is 0 Å². The molecule has 0 fully saturated rings. The molecule has 0 atom stereocenters. The van der Waals surface area contributed by atoms with Gasteiger partial charge in [0.1, 0.15) is 16.9 Å². The Kier molecular flexibility index (Phi) is 8.21. The molecule has 0 N–H and O–H groups in total. The van der Waals surface area contributed by atoms with Crippen molar-refractivity contribution in [2.45, 2.75) is 0 Å². The quantitative estimate of drug-likeness (QED) is 0.160. The monoisotopic (exact) mass is 857 g/mol. The minimum Gasteiger partial charge on any atom is -0.454 e. The average Bonchev–Trinajstić information content (AvgIpc) is 4.04. The highest BCUT2D eigenvalue weighted by atomic mass is 16.3. The smallest absolute Gasteiger partial charge is 0.163 e. The standard InChI is InChI=1S/C62H39N3O2/c1-5-17-44(18-6-1)63(45-19-7-2-8-20-45)48-31-29-40-35-52-54-39-55-53-36-41-30-32-49(64(46-21-9-3-10-22-46)47-23-11-4-12-24-47)34-43(41)38-59(53)67-62(55)60(61(54)66-58(52)37-42(40)33-48)65-56-27-15-13-25-50(56)51-26-14-16-28-57(51)65/h1-39H. The van der Waals surface area contributed by atoms with E-state index >= 15 is 0 Å². The predicted octanol–water partition coefficient (Wildman–Crippen LogP) is 17.8. The number of hydrogen-bond donors (Lipinski definition) is 0. The van der Waals surface area contributed by atoms with Crippen molar-refractivity contribution in [1.82, 2.24) is 4.57 Å². The second kappa shape index (κ2) is 14.7. The fourth-order valence-corrected chi connectivity index (χ4v) is 10.4. The second-order valence-corrected chi connectivity index (χ2v) is 17.3. The van der Waals surface area contributed by atoms with Crippen LogP contribution in [0.15, 0.2) is 245 Å². The fraction of sp³-hybridized carbons (Fsp3) is 0. The number of aromatic nitrogens is 1. The number of hydrogen-bond acceptors (Lipinski definition) is 4. The first-order chi connectivity index (χ1) is 33.2. The van der Waals surface area contributed by atoms with Gasteiger partial charge in [-0.25, -0.2) is 0 Å². The van der Waals surface area contributed by atoms with E-state index in [1.54, 1.807) is 0 Å². The summed E-state index contributed by atoms with van der Waals surface area (Å²) in [6, 6.07) is 84.2. The summed E-state index contributed by atoms with van der Waals surface area (Å²) in [5.74, 6) is 0. The molecule has 14 rings (SSSR count). The minimum atomic E-state index is 0.784. The SMILES string of the molecule is c1ccc(N(c2ccccc2)c2ccc3cc4c(cc3c2)oc2c(-n3c5ccccc5c5ccccc53)c3oc5cc6cc(N(c7ccccc7)c7ccccc7)ccc6cc5c3cc24)cc1. The van der Waals surface area contributed by atoms with E-state index in [4.69, 9.17) is 8.83 Å². The van der Waals surface area contributed by atoms with Crippen LogP contribution in [0.5, 0.6) is 0 Å². The van der Waals surface area contributed by atoms with Crippen LogP contribution in [0.2, 0.25) is 0 Å². The largest absolute Gasteiger partial charge is 0.454 e. The van der Waals surface area contributed by atoms with Gasteiger partial charge in [-0.15, -0.1) is 0 Å². The van der Waals surface area contributed by atoms with E-state index < -0.39 is 0 Å². The van der Waals surface area contributed by atoms with Crippen LogP contribution in [-0.4, -0.2) is 4.57 Å². The Morgan fingerprint density at radius 2 is 0.642 bits per heavy atom. The lowest BCUT2D eigenvalue weighted by Crippen LogP contribution is -2.09. The van der Waals surface area contributed by atoms with Crippen molar-refractivity contribution >= 4 is 121 Å². The Morgan fingerprint density at radius 1 is 0.269 bits per heavy atom. The summed E-state index contributed by atoms with van der Waals surface area (Å²) in [6.45, 7) is 0. The summed E-state index contributed by atoms with van der Waals surface area (Å²) in [6.07, 6.45) is 0. The molecule has 0 amide bonds. The lowest BCUT2D eigenvalue weighted by molar-refractivity contribution is 0.652. The molecule has 14 aromatic rings. The molecule has 0 saturated heterocycles. The van der Waals surface area contributed by atoms with E-state index in [-0.39, 0.29) is 0 Å². The molecule has 3 heterocycles. The molecule has 0 spiro atoms. The van der Waals surface area contributed by atoms with Crippen LogP contribution in [0.3, 0.4) is 0 Å². The van der Waals surface area contributed by atoms with Crippen molar-refractivity contribution in [3.63, 3.8) is 0 Å². The van der Waals surface area contributed by atoms with Gasteiger partial charge in [-0.05, 0) is 137 Å². The maximum atomic E-state index is 7.19. The molecule has 5 heteroatoms. The van der Waals surface area contributed by atoms with Crippen LogP contribution < -0.4 is 9.80 Å². The van der Waals surface area contributed by atoms with Gasteiger partial charge in [-0.3, -0.25) is 0 Å². The molecule has 314 valence electrons. The maximum Gasteiger partial charge on any atom is 0.163 e. The third-order valence-corrected chi connectivity index (χ3v) is 13.4. The molecular weight excluding hydrogens is 819 g/mol. The van der Waals surface area contributed by atoms with Gasteiger partial charge in [0, 0.05) is 66.4 Å². The second-order valence-electron chi connectivity index (χ2n) is 17.3. The van der Waals surface area contributed by atoms with Crippen molar-refractivity contribution in [2.24, 2.45) is 0 Å². The molecule has 0 aliphatic heterocycles. The minimum absolute atomic E-state index is 0.784. The number of fused-ring (bicyclic) bond motifs is 11. The Hall–Kier alpha value is -9.06. The van der Waals surface area contributed by atoms with Crippen molar-refractivity contribution in [1.29, 1.82) is 0 Å². The molecule has 0 aliphatic carbocycles. The van der Waals surface area contributed by atoms with Gasteiger partial charge in [-0.2, -0.15) is 0 Å². The highest BCUT2D eigenvalue weighted by Crippen LogP contribution is 2.47. The Bertz CT molecular complexity index is 3860. The lowest BCUT2D eigenvalue weighted by atomic mass is 10.0. The normalized spacial score (nSPS) is 11.9. The van der Waals surface area contributed by atoms with Gasteiger partial charge in [0.2, 0.25) is 0 Å². The fourth-order valence-electron chi connectivity index (χ4n) is 10.4. The van der Waals surface area contributed by atoms with Crippen LogP contribution in [-0.2, 0) is 0 Å². The van der Waals surface area contributed by atoms with Crippen LogP contribution in [0.1, 0.15) is 0 Å². The van der Waals surface area contributed by atoms with E-state index in [0.29, 0.717) is 0 Å². The molecule has 0 bridgehead atoms. The zero-order valence-corrected chi connectivity index (χ0v) is 36.2. The van der Waals surface area contributed by atoms with Crippen molar-refractivity contribution in [3.8, 4) is 5.69 Å². The third kappa shape index (κ3) is 5.88. The first-order valence-electron chi connectivity index (χ1n) is 22.7. The zero-order valence-electron chi connectivity index (χ0n) is 36.2. The summed E-state index contributed by atoms with van der Waals surface area (Å²) in [5, 5.41) is 11.0. The molecule has 11 aromatic carbocycles. The van der Waals surface area contributed by atoms with E-state index in [1.165, 1.54) is 10.8 Å². The Labute approximate surface area is 385 Å². The van der Waals surface area contributed by atoms with E-state index in [2.05, 4.69) is 251 Å². The Morgan fingerprint density at radius 3 is 1.04 bits per heavy atom. The van der Waals surface area contributed by atoms with E-state index in [1.807, 2.05) is 0 Å². The molecule has 0 saturated carbocycles. The van der Waals surface area contributed by atoms with Crippen LogP contribution in [0.25, 0.3) is 92.9 Å². The van der Waals surface area contributed by atoms with E-state index in [0.717, 1.165) is 116 Å². The third-order valence-electron chi connectivity index (χ3n) is 13.4. The number of anilines is 6. The van der Waals surface area contributed by atoms with Gasteiger partial charge >= 0.3 is 0 Å². The number of rotatable bonds is 7. The molecule has 0 radical (unpaired) electrons. The zero-order chi connectivity index (χ0) is 44.0. The number of para-hydroxylation sites is 6. The summed E-state index contributed by atoms with van der Waals surface area (Å²) in [4.78, 5) is 4.60. The molecule has 0 unspecified atom stereocenters. The van der Waals surface area contributed by atoms with Crippen molar-refractivity contribution < 1.29 is 8.83 Å². The maximum absolute atomic E-state index is 7.19. The van der Waals surface area contributed by atoms with Crippen LogP contribution in [0.4, 0.5) is 34.1 Å². The number of furan rings is 2. The van der Waals surface area contributed by atoms with Crippen molar-refractivity contribution in [2.75, 3.05) is 9.80 Å². The summed E-state index contributed by atoms with van der Waals surface area (Å²) in [5.41, 5.74) is 12.8.